The minimum atomic E-state index is -3.98. The number of carbonyl (C=O) groups is 2. The van der Waals surface area contributed by atoms with Crippen LogP contribution in [0.4, 0.5) is 4.39 Å². The predicted octanol–water partition coefficient (Wildman–Crippen LogP) is 2.21. The Hall–Kier alpha value is -2.43. The maximum Gasteiger partial charge on any atom is 0.251 e. The fraction of sp³-hybridized carbons (Fsp3) is 0.364. The molecule has 1 unspecified atom stereocenters. The highest BCUT2D eigenvalue weighted by atomic mass is 32.2. The molecule has 1 N–H and O–H groups in total. The highest BCUT2D eigenvalue weighted by Gasteiger charge is 2.34. The normalized spacial score (nSPS) is 15.9. The molecule has 0 radical (unpaired) electrons. The molecule has 7 nitrogen and oxygen atoms in total. The molecular formula is C22H26FN3O4S2. The van der Waals surface area contributed by atoms with Crippen LogP contribution in [0.1, 0.15) is 16.8 Å². The Morgan fingerprint density at radius 2 is 1.66 bits per heavy atom. The van der Waals surface area contributed by atoms with Crippen LogP contribution < -0.4 is 5.32 Å². The van der Waals surface area contributed by atoms with E-state index < -0.39 is 21.9 Å². The second kappa shape index (κ2) is 10.9. The SMILES string of the molecule is CSCCC(NC(=O)c1ccccc1)C(=O)N1CCN(S(=O)(=O)c2ccccc2F)CC1. The van der Waals surface area contributed by atoms with Crippen LogP contribution in [-0.2, 0) is 14.8 Å². The number of benzene rings is 2. The average Bonchev–Trinajstić information content (AvgIpc) is 2.82. The van der Waals surface area contributed by atoms with E-state index >= 15 is 0 Å². The number of hydrogen-bond acceptors (Lipinski definition) is 5. The molecule has 10 heteroatoms. The van der Waals surface area contributed by atoms with Crippen molar-refractivity contribution in [1.29, 1.82) is 0 Å². The molecule has 0 spiro atoms. The van der Waals surface area contributed by atoms with Crippen LogP contribution in [0.15, 0.2) is 59.5 Å². The summed E-state index contributed by atoms with van der Waals surface area (Å²) in [6.07, 6.45) is 2.39. The molecular weight excluding hydrogens is 453 g/mol. The molecule has 3 rings (SSSR count). The van der Waals surface area contributed by atoms with Crippen LogP contribution in [0.2, 0.25) is 0 Å². The van der Waals surface area contributed by atoms with Gasteiger partial charge in [0.1, 0.15) is 16.8 Å². The van der Waals surface area contributed by atoms with Gasteiger partial charge in [-0.1, -0.05) is 30.3 Å². The van der Waals surface area contributed by atoms with Gasteiger partial charge < -0.3 is 10.2 Å². The third kappa shape index (κ3) is 5.67. The fourth-order valence-electron chi connectivity index (χ4n) is 3.49. The summed E-state index contributed by atoms with van der Waals surface area (Å²) in [5, 5.41) is 2.82. The van der Waals surface area contributed by atoms with Gasteiger partial charge in [0.15, 0.2) is 0 Å². The first-order valence-electron chi connectivity index (χ1n) is 10.2. The molecule has 1 aliphatic heterocycles. The van der Waals surface area contributed by atoms with Gasteiger partial charge in [-0.15, -0.1) is 0 Å². The number of sulfonamides is 1. The predicted molar refractivity (Wildman–Crippen MR) is 122 cm³/mol. The van der Waals surface area contributed by atoms with Crippen molar-refractivity contribution in [2.24, 2.45) is 0 Å². The summed E-state index contributed by atoms with van der Waals surface area (Å²) in [5.41, 5.74) is 0.468. The Bertz CT molecular complexity index is 1040. The van der Waals surface area contributed by atoms with Crippen molar-refractivity contribution in [3.05, 3.63) is 66.0 Å². The number of piperazine rings is 1. The largest absolute Gasteiger partial charge is 0.340 e. The molecule has 1 fully saturated rings. The molecule has 1 atom stereocenters. The number of halogens is 1. The van der Waals surface area contributed by atoms with Gasteiger partial charge in [0.2, 0.25) is 15.9 Å². The highest BCUT2D eigenvalue weighted by molar-refractivity contribution is 7.98. The quantitative estimate of drug-likeness (QED) is 0.627. The van der Waals surface area contributed by atoms with Crippen molar-refractivity contribution < 1.29 is 22.4 Å². The van der Waals surface area contributed by atoms with Gasteiger partial charge in [0, 0.05) is 31.7 Å². The van der Waals surface area contributed by atoms with Crippen molar-refractivity contribution in [3.63, 3.8) is 0 Å². The Morgan fingerprint density at radius 1 is 1.03 bits per heavy atom. The van der Waals surface area contributed by atoms with Crippen LogP contribution in [0, 0.1) is 5.82 Å². The highest BCUT2D eigenvalue weighted by Crippen LogP contribution is 2.21. The van der Waals surface area contributed by atoms with E-state index in [-0.39, 0.29) is 42.9 Å². The van der Waals surface area contributed by atoms with E-state index in [0.29, 0.717) is 17.7 Å². The summed E-state index contributed by atoms with van der Waals surface area (Å²) in [6, 6.07) is 13.2. The number of hydrogen-bond donors (Lipinski definition) is 1. The number of rotatable bonds is 8. The van der Waals surface area contributed by atoms with Crippen molar-refractivity contribution >= 4 is 33.6 Å². The molecule has 1 heterocycles. The maximum atomic E-state index is 14.0. The van der Waals surface area contributed by atoms with Gasteiger partial charge in [-0.2, -0.15) is 16.1 Å². The third-order valence-corrected chi connectivity index (χ3v) is 7.83. The maximum absolute atomic E-state index is 14.0. The summed E-state index contributed by atoms with van der Waals surface area (Å²) >= 11 is 1.57. The average molecular weight is 480 g/mol. The number of thioether (sulfide) groups is 1. The minimum Gasteiger partial charge on any atom is -0.340 e. The lowest BCUT2D eigenvalue weighted by atomic mass is 10.1. The number of nitrogens with zero attached hydrogens (tertiary/aromatic N) is 2. The van der Waals surface area contributed by atoms with Crippen LogP contribution in [0.25, 0.3) is 0 Å². The Labute approximate surface area is 192 Å². The van der Waals surface area contributed by atoms with Crippen molar-refractivity contribution in [1.82, 2.24) is 14.5 Å². The Kier molecular flexibility index (Phi) is 8.27. The van der Waals surface area contributed by atoms with E-state index in [1.165, 1.54) is 22.5 Å². The molecule has 1 aliphatic rings. The zero-order valence-electron chi connectivity index (χ0n) is 17.7. The lowest BCUT2D eigenvalue weighted by Crippen LogP contribution is -2.56. The topological polar surface area (TPSA) is 86.8 Å². The summed E-state index contributed by atoms with van der Waals surface area (Å²) in [7, 11) is -3.98. The Morgan fingerprint density at radius 3 is 2.28 bits per heavy atom. The van der Waals surface area contributed by atoms with Crippen molar-refractivity contribution in [2.45, 2.75) is 17.4 Å². The van der Waals surface area contributed by atoms with Crippen molar-refractivity contribution in [2.75, 3.05) is 38.2 Å². The molecule has 2 aromatic rings. The number of carbonyl (C=O) groups excluding carboxylic acids is 2. The second-order valence-corrected chi connectivity index (χ2v) is 10.2. The van der Waals surface area contributed by atoms with E-state index in [1.807, 2.05) is 12.3 Å². The van der Waals surface area contributed by atoms with E-state index in [9.17, 15) is 22.4 Å². The van der Waals surface area contributed by atoms with Gasteiger partial charge in [0.05, 0.1) is 0 Å². The lowest BCUT2D eigenvalue weighted by molar-refractivity contribution is -0.134. The lowest BCUT2D eigenvalue weighted by Gasteiger charge is -2.36. The first-order chi connectivity index (χ1) is 15.3. The molecule has 32 heavy (non-hydrogen) atoms. The molecule has 0 aliphatic carbocycles. The first-order valence-corrected chi connectivity index (χ1v) is 13.1. The van der Waals surface area contributed by atoms with Crippen molar-refractivity contribution in [3.8, 4) is 0 Å². The van der Waals surface area contributed by atoms with Gasteiger partial charge >= 0.3 is 0 Å². The summed E-state index contributed by atoms with van der Waals surface area (Å²) in [5.74, 6) is -0.684. The van der Waals surface area contributed by atoms with Crippen LogP contribution >= 0.6 is 11.8 Å². The van der Waals surface area contributed by atoms with Crippen LogP contribution in [-0.4, -0.2) is 73.7 Å². The molecule has 2 amide bonds. The second-order valence-electron chi connectivity index (χ2n) is 7.33. The molecule has 0 aromatic heterocycles. The fourth-order valence-corrected chi connectivity index (χ4v) is 5.45. The van der Waals surface area contributed by atoms with Gasteiger partial charge in [-0.25, -0.2) is 12.8 Å². The zero-order valence-corrected chi connectivity index (χ0v) is 19.4. The number of amides is 2. The number of nitrogens with one attached hydrogen (secondary N) is 1. The first kappa shape index (κ1) is 24.2. The van der Waals surface area contributed by atoms with E-state index in [1.54, 1.807) is 40.9 Å². The minimum absolute atomic E-state index is 0.0598. The molecule has 1 saturated heterocycles. The van der Waals surface area contributed by atoms with Crippen LogP contribution in [0.3, 0.4) is 0 Å². The standard InChI is InChI=1S/C22H26FN3O4S2/c1-31-16-11-19(24-21(27)17-7-3-2-4-8-17)22(28)25-12-14-26(15-13-25)32(29,30)20-10-6-5-9-18(20)23/h2-10,19H,11-16H2,1H3,(H,24,27). The molecule has 0 bridgehead atoms. The molecule has 0 saturated carbocycles. The summed E-state index contributed by atoms with van der Waals surface area (Å²) in [4.78, 5) is 26.9. The Balaban J connectivity index is 1.66. The van der Waals surface area contributed by atoms with Gasteiger partial charge in [-0.05, 0) is 42.7 Å². The zero-order chi connectivity index (χ0) is 23.1. The summed E-state index contributed by atoms with van der Waals surface area (Å²) in [6.45, 7) is 0.460. The third-order valence-electron chi connectivity index (χ3n) is 5.25. The summed E-state index contributed by atoms with van der Waals surface area (Å²) < 4.78 is 40.8. The van der Waals surface area contributed by atoms with Crippen LogP contribution in [0.5, 0.6) is 0 Å². The van der Waals surface area contributed by atoms with Gasteiger partial charge in [-0.3, -0.25) is 9.59 Å². The monoisotopic (exact) mass is 479 g/mol. The van der Waals surface area contributed by atoms with E-state index in [2.05, 4.69) is 5.32 Å². The van der Waals surface area contributed by atoms with E-state index in [4.69, 9.17) is 0 Å². The molecule has 2 aromatic carbocycles. The smallest absolute Gasteiger partial charge is 0.251 e. The van der Waals surface area contributed by atoms with E-state index in [0.717, 1.165) is 6.07 Å². The molecule has 172 valence electrons. The van der Waals surface area contributed by atoms with Gasteiger partial charge in [0.25, 0.3) is 5.91 Å².